The Hall–Kier alpha value is -1.14. The lowest BCUT2D eigenvalue weighted by atomic mass is 10.2. The SMILES string of the molecule is O=C(C(=O)N1CCC[C@@H]1CO)N1CCC[C@H]1CO. The predicted octanol–water partition coefficient (Wildman–Crippen LogP) is -1.05. The molecule has 2 heterocycles. The van der Waals surface area contributed by atoms with Crippen LogP contribution in [0.1, 0.15) is 25.7 Å². The summed E-state index contributed by atoms with van der Waals surface area (Å²) in [5.74, 6) is -1.07. The Balaban J connectivity index is 2.02. The number of carbonyl (C=O) groups excluding carboxylic acids is 2. The fourth-order valence-electron chi connectivity index (χ4n) is 2.83. The highest BCUT2D eigenvalue weighted by molar-refractivity contribution is 6.35. The third-order valence-corrected chi connectivity index (χ3v) is 3.88. The monoisotopic (exact) mass is 256 g/mol. The van der Waals surface area contributed by atoms with Crippen LogP contribution in [0.4, 0.5) is 0 Å². The summed E-state index contributed by atoms with van der Waals surface area (Å²) in [6, 6.07) is -0.451. The Bertz CT molecular complexity index is 302. The Labute approximate surface area is 106 Å². The molecule has 2 saturated heterocycles. The number of aliphatic hydroxyl groups is 2. The number of aliphatic hydroxyl groups excluding tert-OH is 2. The van der Waals surface area contributed by atoms with E-state index in [9.17, 15) is 19.8 Å². The van der Waals surface area contributed by atoms with Gasteiger partial charge in [0.05, 0.1) is 25.3 Å². The summed E-state index contributed by atoms with van der Waals surface area (Å²) in [6.07, 6.45) is 3.15. The first kappa shape index (κ1) is 13.3. The third-order valence-electron chi connectivity index (χ3n) is 3.88. The number of carbonyl (C=O) groups is 2. The second kappa shape index (κ2) is 5.67. The van der Waals surface area contributed by atoms with E-state index < -0.39 is 11.8 Å². The maximum absolute atomic E-state index is 12.1. The van der Waals surface area contributed by atoms with Gasteiger partial charge in [0.1, 0.15) is 0 Å². The molecule has 0 unspecified atom stereocenters. The van der Waals surface area contributed by atoms with E-state index >= 15 is 0 Å². The van der Waals surface area contributed by atoms with E-state index in [1.165, 1.54) is 9.80 Å². The van der Waals surface area contributed by atoms with Crippen LogP contribution in [0.5, 0.6) is 0 Å². The molecule has 0 aromatic carbocycles. The first-order chi connectivity index (χ1) is 8.69. The molecule has 2 fully saturated rings. The normalized spacial score (nSPS) is 27.9. The van der Waals surface area contributed by atoms with Gasteiger partial charge in [-0.1, -0.05) is 0 Å². The van der Waals surface area contributed by atoms with Crippen molar-refractivity contribution in [3.05, 3.63) is 0 Å². The lowest BCUT2D eigenvalue weighted by Gasteiger charge is -2.27. The van der Waals surface area contributed by atoms with Crippen molar-refractivity contribution in [2.45, 2.75) is 37.8 Å². The van der Waals surface area contributed by atoms with Gasteiger partial charge in [-0.3, -0.25) is 9.59 Å². The minimum Gasteiger partial charge on any atom is -0.394 e. The molecule has 6 heteroatoms. The molecule has 0 bridgehead atoms. The largest absolute Gasteiger partial charge is 0.394 e. The van der Waals surface area contributed by atoms with Gasteiger partial charge < -0.3 is 20.0 Å². The van der Waals surface area contributed by atoms with Crippen LogP contribution in [-0.4, -0.2) is 70.2 Å². The molecular weight excluding hydrogens is 236 g/mol. The van der Waals surface area contributed by atoms with Gasteiger partial charge in [-0.05, 0) is 25.7 Å². The van der Waals surface area contributed by atoms with E-state index in [-0.39, 0.29) is 25.3 Å². The molecule has 2 rings (SSSR count). The number of nitrogens with zero attached hydrogens (tertiary/aromatic N) is 2. The summed E-state index contributed by atoms with van der Waals surface area (Å²) >= 11 is 0. The van der Waals surface area contributed by atoms with Crippen LogP contribution in [0.15, 0.2) is 0 Å². The molecule has 6 nitrogen and oxygen atoms in total. The van der Waals surface area contributed by atoms with Gasteiger partial charge in [0.25, 0.3) is 0 Å². The highest BCUT2D eigenvalue weighted by Crippen LogP contribution is 2.21. The quantitative estimate of drug-likeness (QED) is 0.618. The van der Waals surface area contributed by atoms with Crippen LogP contribution in [0.25, 0.3) is 0 Å². The first-order valence-corrected chi connectivity index (χ1v) is 6.52. The van der Waals surface area contributed by atoms with E-state index in [0.29, 0.717) is 13.1 Å². The smallest absolute Gasteiger partial charge is 0.312 e. The van der Waals surface area contributed by atoms with Crippen molar-refractivity contribution in [1.82, 2.24) is 9.80 Å². The van der Waals surface area contributed by atoms with Gasteiger partial charge in [-0.25, -0.2) is 0 Å². The molecule has 18 heavy (non-hydrogen) atoms. The zero-order chi connectivity index (χ0) is 13.1. The third kappa shape index (κ3) is 2.35. The summed E-state index contributed by atoms with van der Waals surface area (Å²) < 4.78 is 0. The lowest BCUT2D eigenvalue weighted by Crippen LogP contribution is -2.49. The van der Waals surface area contributed by atoms with E-state index in [4.69, 9.17) is 0 Å². The van der Waals surface area contributed by atoms with Crippen molar-refractivity contribution in [2.24, 2.45) is 0 Å². The van der Waals surface area contributed by atoms with Gasteiger partial charge in [-0.2, -0.15) is 0 Å². The van der Waals surface area contributed by atoms with E-state index in [1.807, 2.05) is 0 Å². The highest BCUT2D eigenvalue weighted by atomic mass is 16.3. The second-order valence-corrected chi connectivity index (χ2v) is 4.95. The van der Waals surface area contributed by atoms with E-state index in [0.717, 1.165) is 25.7 Å². The summed E-state index contributed by atoms with van der Waals surface area (Å²) in [7, 11) is 0. The average molecular weight is 256 g/mol. The molecule has 0 aliphatic carbocycles. The maximum Gasteiger partial charge on any atom is 0.312 e. The van der Waals surface area contributed by atoms with Crippen molar-refractivity contribution >= 4 is 11.8 Å². The minimum absolute atomic E-state index is 0.0948. The fourth-order valence-corrected chi connectivity index (χ4v) is 2.83. The zero-order valence-corrected chi connectivity index (χ0v) is 10.4. The van der Waals surface area contributed by atoms with Crippen LogP contribution in [0.3, 0.4) is 0 Å². The maximum atomic E-state index is 12.1. The summed E-state index contributed by atoms with van der Waals surface area (Å²) in [5.41, 5.74) is 0. The van der Waals surface area contributed by atoms with E-state index in [1.54, 1.807) is 0 Å². The Morgan fingerprint density at radius 2 is 1.28 bits per heavy atom. The van der Waals surface area contributed by atoms with Gasteiger partial charge in [0.2, 0.25) is 0 Å². The number of likely N-dealkylation sites (tertiary alicyclic amines) is 2. The topological polar surface area (TPSA) is 81.1 Å². The molecule has 2 amide bonds. The molecule has 2 N–H and O–H groups in total. The Morgan fingerprint density at radius 1 is 0.889 bits per heavy atom. The standard InChI is InChI=1S/C12H20N2O4/c15-7-9-3-1-5-13(9)11(17)12(18)14-6-2-4-10(14)8-16/h9-10,15-16H,1-8H2/t9-,10+. The van der Waals surface area contributed by atoms with Crippen LogP contribution in [0.2, 0.25) is 0 Å². The molecule has 0 saturated carbocycles. The number of hydrogen-bond acceptors (Lipinski definition) is 4. The van der Waals surface area contributed by atoms with E-state index in [2.05, 4.69) is 0 Å². The van der Waals surface area contributed by atoms with Gasteiger partial charge in [0, 0.05) is 13.1 Å². The van der Waals surface area contributed by atoms with Gasteiger partial charge in [0.15, 0.2) is 0 Å². The van der Waals surface area contributed by atoms with Crippen LogP contribution in [-0.2, 0) is 9.59 Å². The van der Waals surface area contributed by atoms with Crippen molar-refractivity contribution in [3.63, 3.8) is 0 Å². The summed E-state index contributed by atoms with van der Waals surface area (Å²) in [4.78, 5) is 27.1. The van der Waals surface area contributed by atoms with Crippen molar-refractivity contribution in [1.29, 1.82) is 0 Å². The fraction of sp³-hybridized carbons (Fsp3) is 0.833. The Kier molecular flexibility index (Phi) is 4.19. The van der Waals surface area contributed by atoms with Gasteiger partial charge in [-0.15, -0.1) is 0 Å². The molecule has 0 radical (unpaired) electrons. The first-order valence-electron chi connectivity index (χ1n) is 6.52. The molecule has 102 valence electrons. The molecule has 0 spiro atoms. The molecule has 2 atom stereocenters. The summed E-state index contributed by atoms with van der Waals surface area (Å²) in [5, 5.41) is 18.3. The van der Waals surface area contributed by atoms with Crippen molar-refractivity contribution < 1.29 is 19.8 Å². The average Bonchev–Trinajstić information content (AvgIpc) is 3.04. The number of hydrogen-bond donors (Lipinski definition) is 2. The van der Waals surface area contributed by atoms with Crippen LogP contribution >= 0.6 is 0 Å². The molecular formula is C12H20N2O4. The van der Waals surface area contributed by atoms with Crippen molar-refractivity contribution in [3.8, 4) is 0 Å². The highest BCUT2D eigenvalue weighted by Gasteiger charge is 2.37. The Morgan fingerprint density at radius 3 is 1.61 bits per heavy atom. The lowest BCUT2D eigenvalue weighted by molar-refractivity contribution is -0.153. The molecule has 2 aliphatic heterocycles. The zero-order valence-electron chi connectivity index (χ0n) is 10.4. The predicted molar refractivity (Wildman–Crippen MR) is 63.6 cm³/mol. The van der Waals surface area contributed by atoms with Crippen LogP contribution < -0.4 is 0 Å². The summed E-state index contributed by atoms with van der Waals surface area (Å²) in [6.45, 7) is 0.881. The molecule has 0 aromatic rings. The minimum atomic E-state index is -0.535. The molecule has 0 aromatic heterocycles. The number of amides is 2. The number of rotatable bonds is 2. The van der Waals surface area contributed by atoms with Gasteiger partial charge >= 0.3 is 11.8 Å². The second-order valence-electron chi connectivity index (χ2n) is 4.95. The molecule has 2 aliphatic rings. The van der Waals surface area contributed by atoms with Crippen LogP contribution in [0, 0.1) is 0 Å². The van der Waals surface area contributed by atoms with Crippen molar-refractivity contribution in [2.75, 3.05) is 26.3 Å².